The normalized spacial score (nSPS) is 17.3. The van der Waals surface area contributed by atoms with Crippen molar-refractivity contribution in [1.29, 1.82) is 0 Å². The molecule has 114 valence electrons. The molecule has 1 aromatic rings. The van der Waals surface area contributed by atoms with Gasteiger partial charge in [-0.25, -0.2) is 0 Å². The van der Waals surface area contributed by atoms with E-state index in [2.05, 4.69) is 5.32 Å². The molecule has 2 rings (SSSR count). The maximum absolute atomic E-state index is 12.0. The van der Waals surface area contributed by atoms with Crippen molar-refractivity contribution >= 4 is 11.8 Å². The van der Waals surface area contributed by atoms with Gasteiger partial charge in [-0.1, -0.05) is 30.3 Å². The second-order valence-corrected chi connectivity index (χ2v) is 5.57. The molecule has 1 unspecified atom stereocenters. The lowest BCUT2D eigenvalue weighted by atomic mass is 10.0. The first kappa shape index (κ1) is 15.5. The van der Waals surface area contributed by atoms with Gasteiger partial charge in [0.25, 0.3) is 0 Å². The van der Waals surface area contributed by atoms with E-state index in [1.54, 1.807) is 6.92 Å². The molecular weight excluding hydrogens is 266 g/mol. The molecule has 3 N–H and O–H groups in total. The summed E-state index contributed by atoms with van der Waals surface area (Å²) < 4.78 is 0. The molecule has 0 radical (unpaired) electrons. The Balaban J connectivity index is 1.76. The molecule has 1 aliphatic heterocycles. The van der Waals surface area contributed by atoms with Crippen LogP contribution in [0.3, 0.4) is 0 Å². The zero-order valence-electron chi connectivity index (χ0n) is 12.4. The minimum absolute atomic E-state index is 0.0207. The number of piperidine rings is 1. The highest BCUT2D eigenvalue weighted by Gasteiger charge is 2.22. The van der Waals surface area contributed by atoms with Crippen LogP contribution in [0.25, 0.3) is 0 Å². The van der Waals surface area contributed by atoms with E-state index in [9.17, 15) is 9.59 Å². The van der Waals surface area contributed by atoms with E-state index >= 15 is 0 Å². The molecule has 1 fully saturated rings. The summed E-state index contributed by atoms with van der Waals surface area (Å²) in [5.74, 6) is 0.0819. The highest BCUT2D eigenvalue weighted by molar-refractivity contribution is 5.77. The first-order chi connectivity index (χ1) is 10.1. The standard InChI is InChI=1S/C16H23N3O2/c1-12(20)19-9-7-14(8-10-19)18-16(21)11-15(17)13-5-3-2-4-6-13/h2-6,14-15H,7-11,17H2,1H3,(H,18,21). The molecule has 0 spiro atoms. The Hall–Kier alpha value is -1.88. The third-order valence-corrected chi connectivity index (χ3v) is 3.94. The first-order valence-electron chi connectivity index (χ1n) is 7.41. The Bertz CT molecular complexity index is 482. The van der Waals surface area contributed by atoms with Crippen molar-refractivity contribution in [3.8, 4) is 0 Å². The fourth-order valence-electron chi connectivity index (χ4n) is 2.64. The number of hydrogen-bond acceptors (Lipinski definition) is 3. The molecule has 0 saturated carbocycles. The zero-order chi connectivity index (χ0) is 15.2. The van der Waals surface area contributed by atoms with Gasteiger partial charge in [0, 0.05) is 38.5 Å². The molecule has 0 aliphatic carbocycles. The summed E-state index contributed by atoms with van der Waals surface area (Å²) in [6, 6.07) is 9.51. The fraction of sp³-hybridized carbons (Fsp3) is 0.500. The predicted octanol–water partition coefficient (Wildman–Crippen LogP) is 1.20. The van der Waals surface area contributed by atoms with E-state index in [0.29, 0.717) is 13.1 Å². The average Bonchev–Trinajstić information content (AvgIpc) is 2.48. The van der Waals surface area contributed by atoms with E-state index < -0.39 is 0 Å². The number of carbonyl (C=O) groups is 2. The van der Waals surface area contributed by atoms with Gasteiger partial charge in [0.05, 0.1) is 0 Å². The number of nitrogens with two attached hydrogens (primary N) is 1. The SMILES string of the molecule is CC(=O)N1CCC(NC(=O)CC(N)c2ccccc2)CC1. The molecule has 0 aromatic heterocycles. The van der Waals surface area contributed by atoms with Crippen LogP contribution in [0.1, 0.15) is 37.8 Å². The molecule has 1 saturated heterocycles. The van der Waals surface area contributed by atoms with Crippen molar-refractivity contribution < 1.29 is 9.59 Å². The van der Waals surface area contributed by atoms with Crippen LogP contribution in [-0.4, -0.2) is 35.8 Å². The fourth-order valence-corrected chi connectivity index (χ4v) is 2.64. The van der Waals surface area contributed by atoms with Crippen molar-refractivity contribution in [3.05, 3.63) is 35.9 Å². The predicted molar refractivity (Wildman–Crippen MR) is 81.4 cm³/mol. The van der Waals surface area contributed by atoms with Crippen molar-refractivity contribution in [2.45, 2.75) is 38.3 Å². The van der Waals surface area contributed by atoms with E-state index in [1.165, 1.54) is 0 Å². The zero-order valence-corrected chi connectivity index (χ0v) is 12.4. The van der Waals surface area contributed by atoms with Crippen LogP contribution >= 0.6 is 0 Å². The maximum Gasteiger partial charge on any atom is 0.222 e. The smallest absolute Gasteiger partial charge is 0.222 e. The highest BCUT2D eigenvalue weighted by Crippen LogP contribution is 2.15. The largest absolute Gasteiger partial charge is 0.353 e. The number of likely N-dealkylation sites (tertiary alicyclic amines) is 1. The molecule has 5 nitrogen and oxygen atoms in total. The van der Waals surface area contributed by atoms with Crippen LogP contribution in [0.4, 0.5) is 0 Å². The molecule has 21 heavy (non-hydrogen) atoms. The number of hydrogen-bond donors (Lipinski definition) is 2. The average molecular weight is 289 g/mol. The van der Waals surface area contributed by atoms with Crippen LogP contribution in [-0.2, 0) is 9.59 Å². The summed E-state index contributed by atoms with van der Waals surface area (Å²) >= 11 is 0. The van der Waals surface area contributed by atoms with Crippen molar-refractivity contribution in [2.24, 2.45) is 5.73 Å². The van der Waals surface area contributed by atoms with Crippen LogP contribution in [0.2, 0.25) is 0 Å². The van der Waals surface area contributed by atoms with E-state index in [4.69, 9.17) is 5.73 Å². The Morgan fingerprint density at radius 2 is 1.90 bits per heavy atom. The van der Waals surface area contributed by atoms with Crippen molar-refractivity contribution in [3.63, 3.8) is 0 Å². The number of amides is 2. The lowest BCUT2D eigenvalue weighted by Crippen LogP contribution is -2.46. The van der Waals surface area contributed by atoms with Gasteiger partial charge in [0.2, 0.25) is 11.8 Å². The van der Waals surface area contributed by atoms with Gasteiger partial charge in [-0.3, -0.25) is 9.59 Å². The molecule has 1 heterocycles. The van der Waals surface area contributed by atoms with Gasteiger partial charge in [-0.15, -0.1) is 0 Å². The van der Waals surface area contributed by atoms with Crippen LogP contribution < -0.4 is 11.1 Å². The summed E-state index contributed by atoms with van der Waals surface area (Å²) in [6.45, 7) is 3.01. The molecular formula is C16H23N3O2. The monoisotopic (exact) mass is 289 g/mol. The summed E-state index contributed by atoms with van der Waals surface area (Å²) in [4.78, 5) is 25.1. The second kappa shape index (κ2) is 7.22. The summed E-state index contributed by atoms with van der Waals surface area (Å²) in [5.41, 5.74) is 7.02. The lowest BCUT2D eigenvalue weighted by molar-refractivity contribution is -0.130. The number of carbonyl (C=O) groups excluding carboxylic acids is 2. The van der Waals surface area contributed by atoms with Gasteiger partial charge >= 0.3 is 0 Å². The van der Waals surface area contributed by atoms with E-state index in [0.717, 1.165) is 18.4 Å². The lowest BCUT2D eigenvalue weighted by Gasteiger charge is -2.31. The summed E-state index contributed by atoms with van der Waals surface area (Å²) in [5, 5.41) is 3.02. The van der Waals surface area contributed by atoms with Gasteiger partial charge in [0.1, 0.15) is 0 Å². The molecule has 1 atom stereocenters. The molecule has 1 aromatic carbocycles. The van der Waals surface area contributed by atoms with Crippen molar-refractivity contribution in [2.75, 3.05) is 13.1 Å². The van der Waals surface area contributed by atoms with Crippen molar-refractivity contribution in [1.82, 2.24) is 10.2 Å². The van der Waals surface area contributed by atoms with Crippen LogP contribution in [0, 0.1) is 0 Å². The summed E-state index contributed by atoms with van der Waals surface area (Å²) in [6.07, 6.45) is 1.91. The molecule has 5 heteroatoms. The molecule has 0 bridgehead atoms. The third-order valence-electron chi connectivity index (χ3n) is 3.94. The van der Waals surface area contributed by atoms with E-state index in [-0.39, 0.29) is 30.3 Å². The quantitative estimate of drug-likeness (QED) is 0.874. The minimum atomic E-state index is -0.275. The summed E-state index contributed by atoms with van der Waals surface area (Å²) in [7, 11) is 0. The van der Waals surface area contributed by atoms with Gasteiger partial charge in [0.15, 0.2) is 0 Å². The second-order valence-electron chi connectivity index (χ2n) is 5.57. The van der Waals surface area contributed by atoms with Gasteiger partial charge in [-0.2, -0.15) is 0 Å². The Kier molecular flexibility index (Phi) is 5.33. The van der Waals surface area contributed by atoms with Gasteiger partial charge in [-0.05, 0) is 18.4 Å². The topological polar surface area (TPSA) is 75.4 Å². The third kappa shape index (κ3) is 4.56. The number of rotatable bonds is 4. The number of nitrogens with one attached hydrogen (secondary N) is 1. The minimum Gasteiger partial charge on any atom is -0.353 e. The highest BCUT2D eigenvalue weighted by atomic mass is 16.2. The Labute approximate surface area is 125 Å². The van der Waals surface area contributed by atoms with Crippen LogP contribution in [0.15, 0.2) is 30.3 Å². The van der Waals surface area contributed by atoms with Crippen LogP contribution in [0.5, 0.6) is 0 Å². The Morgan fingerprint density at radius 3 is 2.48 bits per heavy atom. The van der Waals surface area contributed by atoms with E-state index in [1.807, 2.05) is 35.2 Å². The number of nitrogens with zero attached hydrogens (tertiary/aromatic N) is 1. The Morgan fingerprint density at radius 1 is 1.29 bits per heavy atom. The molecule has 1 aliphatic rings. The number of benzene rings is 1. The first-order valence-corrected chi connectivity index (χ1v) is 7.41. The van der Waals surface area contributed by atoms with Gasteiger partial charge < -0.3 is 16.0 Å². The maximum atomic E-state index is 12.0. The molecule has 2 amide bonds.